The van der Waals surface area contributed by atoms with Gasteiger partial charge in [-0.1, -0.05) is 5.16 Å². The van der Waals surface area contributed by atoms with Crippen LogP contribution in [0.2, 0.25) is 0 Å². The Morgan fingerprint density at radius 2 is 2.07 bits per heavy atom. The third-order valence-electron chi connectivity index (χ3n) is 1.89. The molecule has 2 aromatic rings. The molecule has 0 atom stereocenters. The molecule has 0 radical (unpaired) electrons. The summed E-state index contributed by atoms with van der Waals surface area (Å²) in [7, 11) is 0. The molecule has 0 aliphatic heterocycles. The zero-order valence-corrected chi connectivity index (χ0v) is 7.92. The number of aromatic nitrogens is 1. The van der Waals surface area contributed by atoms with Crippen molar-refractivity contribution in [2.45, 2.75) is 6.61 Å². The number of carbonyl (C=O) groups is 1. The molecule has 0 saturated heterocycles. The minimum absolute atomic E-state index is 0.334. The van der Waals surface area contributed by atoms with Crippen molar-refractivity contribution in [3.63, 3.8) is 0 Å². The second kappa shape index (κ2) is 4.41. The Hall–Kier alpha value is -2.10. The summed E-state index contributed by atoms with van der Waals surface area (Å²) in [5.41, 5.74) is 0.627. The van der Waals surface area contributed by atoms with Crippen molar-refractivity contribution in [2.24, 2.45) is 0 Å². The smallest absolute Gasteiger partial charge is 0.174 e. The number of hydrogen-bond donors (Lipinski definition) is 0. The molecule has 1 aromatic heterocycles. The van der Waals surface area contributed by atoms with Gasteiger partial charge in [0, 0.05) is 11.6 Å². The summed E-state index contributed by atoms with van der Waals surface area (Å²) >= 11 is 0. The number of ether oxygens (including phenoxy) is 1. The predicted molar refractivity (Wildman–Crippen MR) is 52.7 cm³/mol. The lowest BCUT2D eigenvalue weighted by atomic mass is 10.2. The maximum absolute atomic E-state index is 10.4. The molecule has 2 rings (SSSR count). The van der Waals surface area contributed by atoms with Crippen LogP contribution in [0.15, 0.2) is 41.1 Å². The van der Waals surface area contributed by atoms with E-state index in [9.17, 15) is 4.79 Å². The summed E-state index contributed by atoms with van der Waals surface area (Å²) in [6, 6.07) is 8.60. The van der Waals surface area contributed by atoms with Crippen molar-refractivity contribution >= 4 is 6.29 Å². The maximum atomic E-state index is 10.4. The van der Waals surface area contributed by atoms with Gasteiger partial charge in [0.25, 0.3) is 0 Å². The number of rotatable bonds is 4. The van der Waals surface area contributed by atoms with Gasteiger partial charge in [-0.25, -0.2) is 0 Å². The van der Waals surface area contributed by atoms with Crippen molar-refractivity contribution in [1.82, 2.24) is 5.16 Å². The standard InChI is InChI=1S/C11H9NO3/c13-7-9-1-3-10(4-2-9)14-8-11-5-6-12-15-11/h1-7H,8H2. The van der Waals surface area contributed by atoms with E-state index in [2.05, 4.69) is 5.16 Å². The van der Waals surface area contributed by atoms with E-state index >= 15 is 0 Å². The highest BCUT2D eigenvalue weighted by Gasteiger charge is 1.98. The lowest BCUT2D eigenvalue weighted by Gasteiger charge is -2.02. The van der Waals surface area contributed by atoms with Crippen LogP contribution in [0, 0.1) is 0 Å². The average Bonchev–Trinajstić information content (AvgIpc) is 2.80. The third-order valence-corrected chi connectivity index (χ3v) is 1.89. The normalized spacial score (nSPS) is 9.87. The lowest BCUT2D eigenvalue weighted by molar-refractivity contribution is 0.112. The van der Waals surface area contributed by atoms with E-state index in [1.54, 1.807) is 36.5 Å². The van der Waals surface area contributed by atoms with Gasteiger partial charge in [0.2, 0.25) is 0 Å². The number of nitrogens with zero attached hydrogens (tertiary/aromatic N) is 1. The van der Waals surface area contributed by atoms with Crippen molar-refractivity contribution in [1.29, 1.82) is 0 Å². The molecule has 4 heteroatoms. The van der Waals surface area contributed by atoms with Gasteiger partial charge in [0.15, 0.2) is 5.76 Å². The topological polar surface area (TPSA) is 52.3 Å². The van der Waals surface area contributed by atoms with E-state index in [-0.39, 0.29) is 0 Å². The Bertz CT molecular complexity index is 420. The summed E-state index contributed by atoms with van der Waals surface area (Å²) in [5.74, 6) is 1.35. The van der Waals surface area contributed by atoms with E-state index < -0.39 is 0 Å². The quantitative estimate of drug-likeness (QED) is 0.714. The van der Waals surface area contributed by atoms with E-state index in [1.165, 1.54) is 0 Å². The summed E-state index contributed by atoms with van der Waals surface area (Å²) in [5, 5.41) is 3.56. The zero-order chi connectivity index (χ0) is 10.5. The molecule has 4 nitrogen and oxygen atoms in total. The largest absolute Gasteiger partial charge is 0.486 e. The highest BCUT2D eigenvalue weighted by molar-refractivity contribution is 5.74. The Labute approximate surface area is 86.5 Å². The first-order valence-electron chi connectivity index (χ1n) is 4.46. The molecule has 0 bridgehead atoms. The van der Waals surface area contributed by atoms with Crippen molar-refractivity contribution in [3.05, 3.63) is 47.9 Å². The first-order chi connectivity index (χ1) is 7.38. The Kier molecular flexibility index (Phi) is 2.78. The molecule has 1 aromatic carbocycles. The second-order valence-electron chi connectivity index (χ2n) is 2.95. The molecule has 0 fully saturated rings. The molecular formula is C11H9NO3. The van der Waals surface area contributed by atoms with E-state index in [0.29, 0.717) is 23.7 Å². The Morgan fingerprint density at radius 1 is 1.27 bits per heavy atom. The van der Waals surface area contributed by atoms with Gasteiger partial charge in [-0.05, 0) is 24.3 Å². The van der Waals surface area contributed by atoms with E-state index in [1.807, 2.05) is 0 Å². The van der Waals surface area contributed by atoms with Crippen LogP contribution in [0.4, 0.5) is 0 Å². The van der Waals surface area contributed by atoms with Crippen LogP contribution in [0.5, 0.6) is 5.75 Å². The van der Waals surface area contributed by atoms with Crippen LogP contribution >= 0.6 is 0 Å². The summed E-state index contributed by atoms with van der Waals surface area (Å²) in [6.45, 7) is 0.334. The summed E-state index contributed by atoms with van der Waals surface area (Å²) < 4.78 is 10.3. The molecular weight excluding hydrogens is 194 g/mol. The molecule has 76 valence electrons. The minimum Gasteiger partial charge on any atom is -0.486 e. The van der Waals surface area contributed by atoms with E-state index in [4.69, 9.17) is 9.26 Å². The average molecular weight is 203 g/mol. The maximum Gasteiger partial charge on any atom is 0.174 e. The fourth-order valence-electron chi connectivity index (χ4n) is 1.11. The van der Waals surface area contributed by atoms with Crippen LogP contribution in [0.1, 0.15) is 16.1 Å². The van der Waals surface area contributed by atoms with Crippen molar-refractivity contribution < 1.29 is 14.1 Å². The van der Waals surface area contributed by atoms with Crippen LogP contribution in [0.3, 0.4) is 0 Å². The Morgan fingerprint density at radius 3 is 2.67 bits per heavy atom. The Balaban J connectivity index is 1.96. The third kappa shape index (κ3) is 2.43. The van der Waals surface area contributed by atoms with Gasteiger partial charge in [0.1, 0.15) is 18.6 Å². The minimum atomic E-state index is 0.334. The van der Waals surface area contributed by atoms with Gasteiger partial charge >= 0.3 is 0 Å². The molecule has 0 aliphatic rings. The summed E-state index contributed by atoms with van der Waals surface area (Å²) in [6.07, 6.45) is 2.36. The number of benzene rings is 1. The van der Waals surface area contributed by atoms with Crippen LogP contribution in [-0.2, 0) is 6.61 Å². The van der Waals surface area contributed by atoms with E-state index in [0.717, 1.165) is 6.29 Å². The molecule has 0 aliphatic carbocycles. The SMILES string of the molecule is O=Cc1ccc(OCc2ccno2)cc1. The van der Waals surface area contributed by atoms with Gasteiger partial charge in [0.05, 0.1) is 6.20 Å². The van der Waals surface area contributed by atoms with Gasteiger partial charge in [-0.3, -0.25) is 4.79 Å². The number of hydrogen-bond acceptors (Lipinski definition) is 4. The van der Waals surface area contributed by atoms with Gasteiger partial charge in [-0.15, -0.1) is 0 Å². The fraction of sp³-hybridized carbons (Fsp3) is 0.0909. The van der Waals surface area contributed by atoms with Crippen molar-refractivity contribution in [2.75, 3.05) is 0 Å². The molecule has 0 unspecified atom stereocenters. The monoisotopic (exact) mass is 203 g/mol. The first kappa shape index (κ1) is 9.45. The molecule has 0 saturated carbocycles. The predicted octanol–water partition coefficient (Wildman–Crippen LogP) is 2.07. The lowest BCUT2D eigenvalue weighted by Crippen LogP contribution is -1.93. The molecule has 0 spiro atoms. The second-order valence-corrected chi connectivity index (χ2v) is 2.95. The molecule has 0 amide bonds. The molecule has 0 N–H and O–H groups in total. The van der Waals surface area contributed by atoms with Crippen molar-refractivity contribution in [3.8, 4) is 5.75 Å². The molecule has 1 heterocycles. The number of carbonyl (C=O) groups excluding carboxylic acids is 1. The van der Waals surface area contributed by atoms with Gasteiger partial charge in [-0.2, -0.15) is 0 Å². The van der Waals surface area contributed by atoms with Crippen LogP contribution in [-0.4, -0.2) is 11.4 Å². The van der Waals surface area contributed by atoms with Gasteiger partial charge < -0.3 is 9.26 Å². The number of aldehydes is 1. The highest BCUT2D eigenvalue weighted by atomic mass is 16.5. The van der Waals surface area contributed by atoms with Crippen LogP contribution in [0.25, 0.3) is 0 Å². The fourth-order valence-corrected chi connectivity index (χ4v) is 1.11. The summed E-state index contributed by atoms with van der Waals surface area (Å²) in [4.78, 5) is 10.4. The first-order valence-corrected chi connectivity index (χ1v) is 4.46. The molecule has 15 heavy (non-hydrogen) atoms. The highest BCUT2D eigenvalue weighted by Crippen LogP contribution is 2.13. The zero-order valence-electron chi connectivity index (χ0n) is 7.92. The van der Waals surface area contributed by atoms with Crippen LogP contribution < -0.4 is 4.74 Å².